The molecule has 0 unspecified atom stereocenters. The van der Waals surface area contributed by atoms with Crippen LogP contribution in [0.4, 0.5) is 4.39 Å². The predicted molar refractivity (Wildman–Crippen MR) is 98.2 cm³/mol. The summed E-state index contributed by atoms with van der Waals surface area (Å²) >= 11 is 5.96. The van der Waals surface area contributed by atoms with Gasteiger partial charge in [-0.25, -0.2) is 4.39 Å². The first-order chi connectivity index (χ1) is 11.9. The Balaban J connectivity index is 1.72. The Morgan fingerprint density at radius 3 is 2.40 bits per heavy atom. The van der Waals surface area contributed by atoms with E-state index in [1.54, 1.807) is 37.2 Å². The highest BCUT2D eigenvalue weighted by Crippen LogP contribution is 2.47. The van der Waals surface area contributed by atoms with Crippen LogP contribution >= 0.6 is 11.6 Å². The van der Waals surface area contributed by atoms with E-state index in [0.717, 1.165) is 12.8 Å². The van der Waals surface area contributed by atoms with Gasteiger partial charge in [-0.3, -0.25) is 9.69 Å². The zero-order chi connectivity index (χ0) is 18.0. The molecule has 0 aliphatic heterocycles. The second-order valence-electron chi connectivity index (χ2n) is 6.89. The Morgan fingerprint density at radius 1 is 1.20 bits per heavy atom. The summed E-state index contributed by atoms with van der Waals surface area (Å²) in [5.41, 5.74) is 1.55. The molecule has 25 heavy (non-hydrogen) atoms. The molecule has 0 spiro atoms. The zero-order valence-corrected chi connectivity index (χ0v) is 15.2. The van der Waals surface area contributed by atoms with Gasteiger partial charge >= 0.3 is 0 Å². The normalized spacial score (nSPS) is 16.5. The highest BCUT2D eigenvalue weighted by molar-refractivity contribution is 6.30. The van der Waals surface area contributed by atoms with Crippen LogP contribution < -0.4 is 5.32 Å². The molecule has 3 nitrogen and oxygen atoms in total. The van der Waals surface area contributed by atoms with Crippen LogP contribution in [-0.2, 0) is 10.2 Å². The summed E-state index contributed by atoms with van der Waals surface area (Å²) in [4.78, 5) is 14.5. The smallest absolute Gasteiger partial charge is 0.242 e. The number of halogens is 2. The van der Waals surface area contributed by atoms with Crippen LogP contribution in [0.15, 0.2) is 48.5 Å². The van der Waals surface area contributed by atoms with Gasteiger partial charge in [0, 0.05) is 22.5 Å². The van der Waals surface area contributed by atoms with E-state index in [-0.39, 0.29) is 17.1 Å². The summed E-state index contributed by atoms with van der Waals surface area (Å²) < 4.78 is 14.1. The first-order valence-electron chi connectivity index (χ1n) is 8.37. The van der Waals surface area contributed by atoms with E-state index >= 15 is 0 Å². The number of nitrogens with zero attached hydrogens (tertiary/aromatic N) is 1. The molecule has 2 aromatic rings. The molecule has 0 bridgehead atoms. The number of benzene rings is 2. The lowest BCUT2D eigenvalue weighted by Gasteiger charge is -2.26. The summed E-state index contributed by atoms with van der Waals surface area (Å²) in [6.45, 7) is 0.548. The van der Waals surface area contributed by atoms with Gasteiger partial charge in [-0.2, -0.15) is 0 Å². The van der Waals surface area contributed by atoms with Gasteiger partial charge in [0.25, 0.3) is 0 Å². The molecular formula is C20H22ClFN2O. The summed E-state index contributed by atoms with van der Waals surface area (Å²) in [7, 11) is 3.56. The van der Waals surface area contributed by atoms with Crippen molar-refractivity contribution in [2.45, 2.75) is 24.3 Å². The number of carbonyl (C=O) groups is 1. The Morgan fingerprint density at radius 2 is 1.84 bits per heavy atom. The van der Waals surface area contributed by atoms with Crippen LogP contribution in [0.2, 0.25) is 5.02 Å². The summed E-state index contributed by atoms with van der Waals surface area (Å²) in [5.74, 6) is -0.550. The van der Waals surface area contributed by atoms with Crippen molar-refractivity contribution < 1.29 is 9.18 Å². The number of carbonyl (C=O) groups excluding carboxylic acids is 1. The number of hydrogen-bond donors (Lipinski definition) is 1. The Kier molecular flexibility index (Phi) is 5.11. The van der Waals surface area contributed by atoms with Crippen LogP contribution in [-0.4, -0.2) is 31.4 Å². The molecule has 1 N–H and O–H groups in total. The molecule has 1 aliphatic rings. The van der Waals surface area contributed by atoms with Gasteiger partial charge in [0.05, 0.1) is 0 Å². The highest BCUT2D eigenvalue weighted by Gasteiger charge is 2.44. The maximum Gasteiger partial charge on any atom is 0.242 e. The third-order valence-corrected chi connectivity index (χ3v) is 5.13. The molecular weight excluding hydrogens is 339 g/mol. The lowest BCUT2D eigenvalue weighted by molar-refractivity contribution is -0.126. The fourth-order valence-electron chi connectivity index (χ4n) is 3.23. The third kappa shape index (κ3) is 3.86. The minimum absolute atomic E-state index is 0.0215. The van der Waals surface area contributed by atoms with E-state index < -0.39 is 6.04 Å². The van der Waals surface area contributed by atoms with E-state index in [9.17, 15) is 9.18 Å². The van der Waals surface area contributed by atoms with Crippen LogP contribution in [0.3, 0.4) is 0 Å². The van der Waals surface area contributed by atoms with Crippen molar-refractivity contribution in [2.24, 2.45) is 0 Å². The number of nitrogens with one attached hydrogen (secondary N) is 1. The fourth-order valence-corrected chi connectivity index (χ4v) is 3.35. The topological polar surface area (TPSA) is 32.3 Å². The number of rotatable bonds is 6. The average Bonchev–Trinajstić information content (AvgIpc) is 3.36. The minimum Gasteiger partial charge on any atom is -0.354 e. The lowest BCUT2D eigenvalue weighted by Crippen LogP contribution is -2.40. The molecule has 0 heterocycles. The zero-order valence-electron chi connectivity index (χ0n) is 14.4. The SMILES string of the molecule is CN(C)[C@@H](C(=O)NCC1(c2ccc(Cl)cc2)CC1)c1ccccc1F. The van der Waals surface area contributed by atoms with Gasteiger partial charge in [0.1, 0.15) is 11.9 Å². The highest BCUT2D eigenvalue weighted by atomic mass is 35.5. The monoisotopic (exact) mass is 360 g/mol. The van der Waals surface area contributed by atoms with E-state index in [2.05, 4.69) is 5.32 Å². The molecule has 3 rings (SSSR count). The molecule has 0 aromatic heterocycles. The largest absolute Gasteiger partial charge is 0.354 e. The van der Waals surface area contributed by atoms with Crippen molar-refractivity contribution in [3.05, 3.63) is 70.5 Å². The van der Waals surface area contributed by atoms with Gasteiger partial charge < -0.3 is 5.32 Å². The summed E-state index contributed by atoms with van der Waals surface area (Å²) in [5, 5.41) is 3.73. The van der Waals surface area contributed by atoms with Gasteiger partial charge in [0.2, 0.25) is 5.91 Å². The number of hydrogen-bond acceptors (Lipinski definition) is 2. The van der Waals surface area contributed by atoms with E-state index in [1.165, 1.54) is 11.6 Å². The second kappa shape index (κ2) is 7.14. The fraction of sp³-hybridized carbons (Fsp3) is 0.350. The molecule has 1 amide bonds. The van der Waals surface area contributed by atoms with Gasteiger partial charge in [-0.1, -0.05) is 41.9 Å². The van der Waals surface area contributed by atoms with Crippen LogP contribution in [0.1, 0.15) is 30.0 Å². The number of amides is 1. The van der Waals surface area contributed by atoms with E-state index in [1.807, 2.05) is 24.3 Å². The second-order valence-corrected chi connectivity index (χ2v) is 7.33. The van der Waals surface area contributed by atoms with Crippen molar-refractivity contribution in [3.8, 4) is 0 Å². The Bertz CT molecular complexity index is 757. The van der Waals surface area contributed by atoms with Gasteiger partial charge in [-0.05, 0) is 50.7 Å². The first-order valence-corrected chi connectivity index (χ1v) is 8.75. The molecule has 1 saturated carbocycles. The van der Waals surface area contributed by atoms with Crippen molar-refractivity contribution in [1.82, 2.24) is 10.2 Å². The third-order valence-electron chi connectivity index (χ3n) is 4.88. The van der Waals surface area contributed by atoms with Gasteiger partial charge in [-0.15, -0.1) is 0 Å². The average molecular weight is 361 g/mol. The minimum atomic E-state index is -0.651. The van der Waals surface area contributed by atoms with Crippen LogP contribution in [0.25, 0.3) is 0 Å². The summed E-state index contributed by atoms with van der Waals surface area (Å²) in [6.07, 6.45) is 2.06. The Labute approximate surface area is 152 Å². The molecule has 0 saturated heterocycles. The van der Waals surface area contributed by atoms with Crippen LogP contribution in [0, 0.1) is 5.82 Å². The molecule has 0 radical (unpaired) electrons. The first kappa shape index (κ1) is 17.9. The summed E-state index contributed by atoms with van der Waals surface area (Å²) in [6, 6.07) is 13.6. The molecule has 1 aliphatic carbocycles. The molecule has 1 fully saturated rings. The van der Waals surface area contributed by atoms with Crippen LogP contribution in [0.5, 0.6) is 0 Å². The molecule has 1 atom stereocenters. The van der Waals surface area contributed by atoms with Crippen molar-refractivity contribution in [2.75, 3.05) is 20.6 Å². The van der Waals surface area contributed by atoms with E-state index in [0.29, 0.717) is 17.1 Å². The van der Waals surface area contributed by atoms with E-state index in [4.69, 9.17) is 11.6 Å². The van der Waals surface area contributed by atoms with Crippen molar-refractivity contribution in [3.63, 3.8) is 0 Å². The predicted octanol–water partition coefficient (Wildman–Crippen LogP) is 3.93. The Hall–Kier alpha value is -1.91. The molecule has 5 heteroatoms. The lowest BCUT2D eigenvalue weighted by atomic mass is 9.95. The molecule has 132 valence electrons. The maximum atomic E-state index is 14.1. The van der Waals surface area contributed by atoms with Crippen molar-refractivity contribution >= 4 is 17.5 Å². The number of likely N-dealkylation sites (N-methyl/N-ethyl adjacent to an activating group) is 1. The van der Waals surface area contributed by atoms with Crippen molar-refractivity contribution in [1.29, 1.82) is 0 Å². The molecule has 2 aromatic carbocycles. The maximum absolute atomic E-state index is 14.1. The van der Waals surface area contributed by atoms with Gasteiger partial charge in [0.15, 0.2) is 0 Å². The quantitative estimate of drug-likeness (QED) is 0.846. The standard InChI is InChI=1S/C20H22ClFN2O/c1-24(2)18(16-5-3-4-6-17(16)22)19(25)23-13-20(11-12-20)14-7-9-15(21)10-8-14/h3-10,18H,11-13H2,1-2H3,(H,23,25)/t18-/m1/s1.